The second-order valence-electron chi connectivity index (χ2n) is 5.10. The Morgan fingerprint density at radius 2 is 1.87 bits per heavy atom. The average molecular weight is 343 g/mol. The lowest BCUT2D eigenvalue weighted by atomic mass is 10.1. The lowest BCUT2D eigenvalue weighted by molar-refractivity contribution is -0.139. The number of carboxylic acids is 1. The van der Waals surface area contributed by atoms with Gasteiger partial charge in [0, 0.05) is 0 Å². The number of methoxy groups -OCH3 is 1. The molecule has 1 unspecified atom stereocenters. The largest absolute Gasteiger partial charge is 0.480 e. The zero-order valence-corrected chi connectivity index (χ0v) is 13.9. The monoisotopic (exact) mass is 343 g/mol. The number of nitrogens with one attached hydrogen (secondary N) is 1. The summed E-state index contributed by atoms with van der Waals surface area (Å²) in [5.41, 5.74) is 0.762. The van der Waals surface area contributed by atoms with Crippen LogP contribution in [0.3, 0.4) is 0 Å². The summed E-state index contributed by atoms with van der Waals surface area (Å²) in [7, 11) is -2.54. The third-order valence-electron chi connectivity index (χ3n) is 3.20. The third-order valence-corrected chi connectivity index (χ3v) is 4.55. The number of hydrogen-bond donors (Lipinski definition) is 2. The maximum absolute atomic E-state index is 12.1. The summed E-state index contributed by atoms with van der Waals surface area (Å²) < 4.78 is 30.9. The summed E-state index contributed by atoms with van der Waals surface area (Å²) in [4.78, 5) is 22.4. The summed E-state index contributed by atoms with van der Waals surface area (Å²) in [5, 5.41) is 9.08. The zero-order valence-electron chi connectivity index (χ0n) is 13.1. The molecule has 0 aliphatic rings. The van der Waals surface area contributed by atoms with Crippen molar-refractivity contribution in [3.8, 4) is 0 Å². The van der Waals surface area contributed by atoms with Gasteiger partial charge in [0.2, 0.25) is 10.0 Å². The van der Waals surface area contributed by atoms with Gasteiger partial charge in [0.15, 0.2) is 0 Å². The molecule has 0 bridgehead atoms. The summed E-state index contributed by atoms with van der Waals surface area (Å²) >= 11 is 0. The highest BCUT2D eigenvalue weighted by Gasteiger charge is 2.23. The van der Waals surface area contributed by atoms with Crippen molar-refractivity contribution < 1.29 is 27.9 Å². The molecule has 0 spiro atoms. The van der Waals surface area contributed by atoms with Crippen LogP contribution >= 0.6 is 0 Å². The number of sulfonamides is 1. The number of carbonyl (C=O) groups is 2. The van der Waals surface area contributed by atoms with E-state index in [1.54, 1.807) is 0 Å². The number of benzene rings is 1. The van der Waals surface area contributed by atoms with Crippen LogP contribution in [0.25, 0.3) is 0 Å². The van der Waals surface area contributed by atoms with E-state index in [9.17, 15) is 18.0 Å². The Hall–Kier alpha value is -1.93. The first-order chi connectivity index (χ1) is 10.8. The topological polar surface area (TPSA) is 110 Å². The first-order valence-corrected chi connectivity index (χ1v) is 8.84. The van der Waals surface area contributed by atoms with E-state index in [0.29, 0.717) is 17.5 Å². The number of aliphatic carboxylic acids is 1. The maximum atomic E-state index is 12.1. The minimum atomic E-state index is -3.79. The molecule has 8 heteroatoms. The number of carboxylic acid groups (broad SMARTS) is 1. The second kappa shape index (κ2) is 8.64. The number of hydrogen-bond acceptors (Lipinski definition) is 5. The van der Waals surface area contributed by atoms with Crippen molar-refractivity contribution in [2.45, 2.75) is 38.0 Å². The highest BCUT2D eigenvalue weighted by molar-refractivity contribution is 7.88. The van der Waals surface area contributed by atoms with Crippen molar-refractivity contribution in [2.24, 2.45) is 0 Å². The van der Waals surface area contributed by atoms with Gasteiger partial charge in [-0.05, 0) is 24.1 Å². The van der Waals surface area contributed by atoms with E-state index < -0.39 is 28.0 Å². The summed E-state index contributed by atoms with van der Waals surface area (Å²) in [6.07, 6.45) is 1.64. The van der Waals surface area contributed by atoms with Gasteiger partial charge >= 0.3 is 11.9 Å². The van der Waals surface area contributed by atoms with Crippen LogP contribution in [-0.2, 0) is 25.3 Å². The van der Waals surface area contributed by atoms with Crippen LogP contribution in [0.1, 0.15) is 42.1 Å². The van der Waals surface area contributed by atoms with Crippen molar-refractivity contribution in [1.82, 2.24) is 4.72 Å². The van der Waals surface area contributed by atoms with Crippen LogP contribution in [0.15, 0.2) is 24.3 Å². The molecule has 2 N–H and O–H groups in total. The Balaban J connectivity index is 2.77. The molecule has 0 saturated heterocycles. The van der Waals surface area contributed by atoms with Crippen LogP contribution in [-0.4, -0.2) is 38.6 Å². The number of unbranched alkanes of at least 4 members (excludes halogenated alkanes) is 1. The molecule has 7 nitrogen and oxygen atoms in total. The Kier molecular flexibility index (Phi) is 7.18. The number of carbonyl (C=O) groups excluding carboxylic acids is 1. The second-order valence-corrected chi connectivity index (χ2v) is 6.85. The maximum Gasteiger partial charge on any atom is 0.337 e. The fourth-order valence-corrected chi connectivity index (χ4v) is 3.34. The first-order valence-electron chi connectivity index (χ1n) is 7.19. The molecule has 23 heavy (non-hydrogen) atoms. The van der Waals surface area contributed by atoms with E-state index in [-0.39, 0.29) is 12.2 Å². The van der Waals surface area contributed by atoms with Crippen LogP contribution < -0.4 is 4.72 Å². The number of ether oxygens (including phenoxy) is 1. The van der Waals surface area contributed by atoms with Gasteiger partial charge in [-0.25, -0.2) is 17.9 Å². The summed E-state index contributed by atoms with van der Waals surface area (Å²) in [6.45, 7) is 1.90. The van der Waals surface area contributed by atoms with E-state index in [0.717, 1.165) is 6.42 Å². The Bertz CT molecular complexity index is 638. The lowest BCUT2D eigenvalue weighted by Gasteiger charge is -2.14. The summed E-state index contributed by atoms with van der Waals surface area (Å²) in [6, 6.07) is 4.78. The standard InChI is InChI=1S/C15H21NO6S/c1-3-4-5-13(14(17)18)16-23(20,21)10-11-6-8-12(9-7-11)15(19)22-2/h6-9,13,16H,3-5,10H2,1-2H3,(H,17,18). The molecule has 128 valence electrons. The average Bonchev–Trinajstić information content (AvgIpc) is 2.50. The van der Waals surface area contributed by atoms with E-state index in [2.05, 4.69) is 9.46 Å². The lowest BCUT2D eigenvalue weighted by Crippen LogP contribution is -2.41. The molecule has 0 aliphatic carbocycles. The predicted octanol–water partition coefficient (Wildman–Crippen LogP) is 1.54. The molecule has 0 fully saturated rings. The Labute approximate surface area is 135 Å². The van der Waals surface area contributed by atoms with E-state index in [1.807, 2.05) is 6.92 Å². The fourth-order valence-electron chi connectivity index (χ4n) is 1.97. The molecule has 0 radical (unpaired) electrons. The normalized spacial score (nSPS) is 12.6. The van der Waals surface area contributed by atoms with Crippen molar-refractivity contribution >= 4 is 22.0 Å². The molecule has 1 aromatic rings. The molecule has 0 aliphatic heterocycles. The van der Waals surface area contributed by atoms with Crippen molar-refractivity contribution in [2.75, 3.05) is 7.11 Å². The van der Waals surface area contributed by atoms with Crippen LogP contribution in [0.4, 0.5) is 0 Å². The molecule has 1 aromatic carbocycles. The van der Waals surface area contributed by atoms with Crippen molar-refractivity contribution in [1.29, 1.82) is 0 Å². The van der Waals surface area contributed by atoms with Crippen molar-refractivity contribution in [3.05, 3.63) is 35.4 Å². The van der Waals surface area contributed by atoms with E-state index in [1.165, 1.54) is 31.4 Å². The van der Waals surface area contributed by atoms with Gasteiger partial charge in [0.1, 0.15) is 6.04 Å². The van der Waals surface area contributed by atoms with Crippen LogP contribution in [0.2, 0.25) is 0 Å². The van der Waals surface area contributed by atoms with Gasteiger partial charge in [0.05, 0.1) is 18.4 Å². The minimum Gasteiger partial charge on any atom is -0.480 e. The third kappa shape index (κ3) is 6.37. The molecule has 1 atom stereocenters. The molecule has 0 saturated carbocycles. The van der Waals surface area contributed by atoms with Gasteiger partial charge in [-0.15, -0.1) is 0 Å². The Morgan fingerprint density at radius 3 is 2.35 bits per heavy atom. The number of esters is 1. The van der Waals surface area contributed by atoms with E-state index >= 15 is 0 Å². The minimum absolute atomic E-state index is 0.242. The highest BCUT2D eigenvalue weighted by atomic mass is 32.2. The first kappa shape index (κ1) is 19.1. The Morgan fingerprint density at radius 1 is 1.26 bits per heavy atom. The summed E-state index contributed by atoms with van der Waals surface area (Å²) in [5.74, 6) is -2.06. The van der Waals surface area contributed by atoms with Gasteiger partial charge in [0.25, 0.3) is 0 Å². The van der Waals surface area contributed by atoms with Crippen molar-refractivity contribution in [3.63, 3.8) is 0 Å². The smallest absolute Gasteiger partial charge is 0.337 e. The molecule has 0 aromatic heterocycles. The van der Waals surface area contributed by atoms with Gasteiger partial charge < -0.3 is 9.84 Å². The van der Waals surface area contributed by atoms with E-state index in [4.69, 9.17) is 5.11 Å². The number of rotatable bonds is 9. The molecule has 0 amide bonds. The quantitative estimate of drug-likeness (QED) is 0.658. The zero-order chi connectivity index (χ0) is 17.5. The predicted molar refractivity (Wildman–Crippen MR) is 84.5 cm³/mol. The SMILES string of the molecule is CCCCC(NS(=O)(=O)Cc1ccc(C(=O)OC)cc1)C(=O)O. The molecular formula is C15H21NO6S. The van der Waals surface area contributed by atoms with Crippen LogP contribution in [0, 0.1) is 0 Å². The molecule has 1 rings (SSSR count). The molecule has 0 heterocycles. The fraction of sp³-hybridized carbons (Fsp3) is 0.467. The van der Waals surface area contributed by atoms with Gasteiger partial charge in [-0.1, -0.05) is 31.9 Å². The highest BCUT2D eigenvalue weighted by Crippen LogP contribution is 2.10. The molecular weight excluding hydrogens is 322 g/mol. The van der Waals surface area contributed by atoms with Crippen LogP contribution in [0.5, 0.6) is 0 Å². The van der Waals surface area contributed by atoms with Gasteiger partial charge in [-0.3, -0.25) is 4.79 Å². The van der Waals surface area contributed by atoms with Gasteiger partial charge in [-0.2, -0.15) is 0 Å².